The number of carbonyl (C=O) groups excluding carboxylic acids is 1. The fourth-order valence-electron chi connectivity index (χ4n) is 2.69. The van der Waals surface area contributed by atoms with Crippen LogP contribution in [0.4, 0.5) is 4.39 Å². The Morgan fingerprint density at radius 2 is 2.35 bits per heavy atom. The van der Waals surface area contributed by atoms with E-state index in [9.17, 15) is 9.18 Å². The number of halogens is 1. The first-order chi connectivity index (χ1) is 9.68. The van der Waals surface area contributed by atoms with Crippen LogP contribution in [0.3, 0.4) is 0 Å². The van der Waals surface area contributed by atoms with Crippen molar-refractivity contribution in [3.05, 3.63) is 35.6 Å². The molecule has 1 aromatic carbocycles. The molecule has 1 aliphatic carbocycles. The lowest BCUT2D eigenvalue weighted by Crippen LogP contribution is -2.43. The van der Waals surface area contributed by atoms with E-state index in [1.807, 2.05) is 17.8 Å². The number of rotatable bonds is 4. The van der Waals surface area contributed by atoms with Crippen molar-refractivity contribution >= 4 is 17.7 Å². The molecule has 108 valence electrons. The Hall–Kier alpha value is -1.07. The van der Waals surface area contributed by atoms with E-state index >= 15 is 0 Å². The van der Waals surface area contributed by atoms with E-state index < -0.39 is 0 Å². The van der Waals surface area contributed by atoms with Gasteiger partial charge in [0.1, 0.15) is 5.82 Å². The van der Waals surface area contributed by atoms with Crippen LogP contribution >= 0.6 is 11.8 Å². The summed E-state index contributed by atoms with van der Waals surface area (Å²) in [7, 11) is 0. The molecule has 1 aromatic rings. The molecule has 20 heavy (non-hydrogen) atoms. The van der Waals surface area contributed by atoms with Gasteiger partial charge in [0.25, 0.3) is 0 Å². The minimum absolute atomic E-state index is 0.0618. The quantitative estimate of drug-likeness (QED) is 0.893. The summed E-state index contributed by atoms with van der Waals surface area (Å²) in [4.78, 5) is 12.2. The molecule has 3 rings (SSSR count). The number of nitrogens with one attached hydrogen (secondary N) is 2. The molecule has 0 spiro atoms. The lowest BCUT2D eigenvalue weighted by molar-refractivity contribution is -0.122. The van der Waals surface area contributed by atoms with Gasteiger partial charge in [-0.1, -0.05) is 12.1 Å². The molecule has 0 aromatic heterocycles. The summed E-state index contributed by atoms with van der Waals surface area (Å²) in [6, 6.07) is 6.82. The van der Waals surface area contributed by atoms with Crippen molar-refractivity contribution in [1.82, 2.24) is 10.6 Å². The van der Waals surface area contributed by atoms with Crippen molar-refractivity contribution in [3.63, 3.8) is 0 Å². The van der Waals surface area contributed by atoms with Crippen LogP contribution < -0.4 is 10.6 Å². The Bertz CT molecular complexity index is 498. The number of thioether (sulfide) groups is 1. The second-order valence-corrected chi connectivity index (χ2v) is 6.72. The summed E-state index contributed by atoms with van der Waals surface area (Å²) in [6.07, 6.45) is 2.30. The SMILES string of the molecule is O=C(CC1CSCCN1)NC1(c2cccc(F)c2)CC1. The van der Waals surface area contributed by atoms with E-state index in [0.717, 1.165) is 36.5 Å². The van der Waals surface area contributed by atoms with Gasteiger partial charge in [-0.05, 0) is 30.5 Å². The second kappa shape index (κ2) is 5.74. The van der Waals surface area contributed by atoms with Gasteiger partial charge in [-0.25, -0.2) is 4.39 Å². The Labute approximate surface area is 122 Å². The highest BCUT2D eigenvalue weighted by Gasteiger charge is 2.45. The first-order valence-electron chi connectivity index (χ1n) is 7.06. The van der Waals surface area contributed by atoms with Crippen LogP contribution in [-0.4, -0.2) is 30.0 Å². The molecule has 1 amide bonds. The van der Waals surface area contributed by atoms with Crippen molar-refractivity contribution in [2.24, 2.45) is 0 Å². The first-order valence-corrected chi connectivity index (χ1v) is 8.22. The lowest BCUT2D eigenvalue weighted by Gasteiger charge is -2.24. The molecule has 1 aliphatic heterocycles. The van der Waals surface area contributed by atoms with Gasteiger partial charge in [0.05, 0.1) is 5.54 Å². The second-order valence-electron chi connectivity index (χ2n) is 5.57. The Morgan fingerprint density at radius 1 is 1.50 bits per heavy atom. The van der Waals surface area contributed by atoms with E-state index in [1.54, 1.807) is 6.07 Å². The summed E-state index contributed by atoms with van der Waals surface area (Å²) in [6.45, 7) is 0.970. The third kappa shape index (κ3) is 3.15. The molecule has 1 heterocycles. The van der Waals surface area contributed by atoms with Crippen molar-refractivity contribution in [1.29, 1.82) is 0 Å². The van der Waals surface area contributed by atoms with Crippen LogP contribution in [0.15, 0.2) is 24.3 Å². The maximum atomic E-state index is 13.3. The Kier molecular flexibility index (Phi) is 3.98. The summed E-state index contributed by atoms with van der Waals surface area (Å²) >= 11 is 1.88. The van der Waals surface area contributed by atoms with Crippen molar-refractivity contribution in [2.75, 3.05) is 18.1 Å². The fraction of sp³-hybridized carbons (Fsp3) is 0.533. The normalized spacial score (nSPS) is 24.1. The van der Waals surface area contributed by atoms with Crippen molar-refractivity contribution in [3.8, 4) is 0 Å². The van der Waals surface area contributed by atoms with Crippen LogP contribution in [0.2, 0.25) is 0 Å². The van der Waals surface area contributed by atoms with E-state index in [2.05, 4.69) is 10.6 Å². The molecular weight excluding hydrogens is 275 g/mol. The van der Waals surface area contributed by atoms with Gasteiger partial charge >= 0.3 is 0 Å². The number of hydrogen-bond acceptors (Lipinski definition) is 3. The van der Waals surface area contributed by atoms with Crippen molar-refractivity contribution < 1.29 is 9.18 Å². The topological polar surface area (TPSA) is 41.1 Å². The number of benzene rings is 1. The summed E-state index contributed by atoms with van der Waals surface area (Å²) in [5.41, 5.74) is 0.567. The zero-order valence-electron chi connectivity index (χ0n) is 11.3. The van der Waals surface area contributed by atoms with Gasteiger partial charge in [-0.2, -0.15) is 11.8 Å². The molecule has 0 radical (unpaired) electrons. The molecule has 2 N–H and O–H groups in total. The van der Waals surface area contributed by atoms with E-state index in [-0.39, 0.29) is 23.3 Å². The van der Waals surface area contributed by atoms with Crippen LogP contribution in [0, 0.1) is 5.82 Å². The molecule has 2 fully saturated rings. The molecule has 2 aliphatic rings. The van der Waals surface area contributed by atoms with Gasteiger partial charge in [0.2, 0.25) is 5.91 Å². The minimum Gasteiger partial charge on any atom is -0.347 e. The van der Waals surface area contributed by atoms with E-state index in [0.29, 0.717) is 6.42 Å². The summed E-state index contributed by atoms with van der Waals surface area (Å²) < 4.78 is 13.3. The third-order valence-corrected chi connectivity index (χ3v) is 5.07. The van der Waals surface area contributed by atoms with Gasteiger partial charge in [-0.15, -0.1) is 0 Å². The molecule has 1 unspecified atom stereocenters. The molecule has 1 saturated carbocycles. The number of amides is 1. The molecule has 1 saturated heterocycles. The lowest BCUT2D eigenvalue weighted by atomic mass is 10.0. The van der Waals surface area contributed by atoms with Crippen molar-refractivity contribution in [2.45, 2.75) is 30.8 Å². The molecular formula is C15H19FN2OS. The monoisotopic (exact) mass is 294 g/mol. The predicted molar refractivity (Wildman–Crippen MR) is 79.2 cm³/mol. The Morgan fingerprint density at radius 3 is 3.00 bits per heavy atom. The highest BCUT2D eigenvalue weighted by molar-refractivity contribution is 7.99. The number of carbonyl (C=O) groups is 1. The van der Waals surface area contributed by atoms with Crippen LogP contribution in [0.1, 0.15) is 24.8 Å². The average Bonchev–Trinajstić information content (AvgIpc) is 3.20. The highest BCUT2D eigenvalue weighted by Crippen LogP contribution is 2.45. The first kappa shape index (κ1) is 13.9. The Balaban J connectivity index is 1.60. The molecule has 1 atom stereocenters. The van der Waals surface area contributed by atoms with Crippen LogP contribution in [-0.2, 0) is 10.3 Å². The van der Waals surface area contributed by atoms with Gasteiger partial charge in [-0.3, -0.25) is 4.79 Å². The van der Waals surface area contributed by atoms with Crippen LogP contribution in [0.5, 0.6) is 0 Å². The molecule has 0 bridgehead atoms. The average molecular weight is 294 g/mol. The maximum absolute atomic E-state index is 13.3. The molecule has 5 heteroatoms. The highest BCUT2D eigenvalue weighted by atomic mass is 32.2. The van der Waals surface area contributed by atoms with E-state index in [1.165, 1.54) is 12.1 Å². The largest absolute Gasteiger partial charge is 0.347 e. The zero-order valence-corrected chi connectivity index (χ0v) is 12.1. The summed E-state index contributed by atoms with van der Waals surface area (Å²) in [5, 5.41) is 6.47. The zero-order chi connectivity index (χ0) is 14.0. The van der Waals surface area contributed by atoms with Gasteiger partial charge < -0.3 is 10.6 Å². The van der Waals surface area contributed by atoms with Crippen LogP contribution in [0.25, 0.3) is 0 Å². The fourth-order valence-corrected chi connectivity index (χ4v) is 3.64. The summed E-state index contributed by atoms with van der Waals surface area (Å²) in [5.74, 6) is 1.92. The smallest absolute Gasteiger partial charge is 0.222 e. The van der Waals surface area contributed by atoms with Gasteiger partial charge in [0.15, 0.2) is 0 Å². The standard InChI is InChI=1S/C15H19FN2OS/c16-12-3-1-2-11(8-12)15(4-5-15)18-14(19)9-13-10-20-7-6-17-13/h1-3,8,13,17H,4-7,9-10H2,(H,18,19). The number of hydrogen-bond donors (Lipinski definition) is 2. The predicted octanol–water partition coefficient (Wildman–Crippen LogP) is 2.03. The van der Waals surface area contributed by atoms with Gasteiger partial charge in [0, 0.05) is 30.5 Å². The van der Waals surface area contributed by atoms with E-state index in [4.69, 9.17) is 0 Å². The minimum atomic E-state index is -0.318. The molecule has 3 nitrogen and oxygen atoms in total. The third-order valence-electron chi connectivity index (χ3n) is 3.94. The maximum Gasteiger partial charge on any atom is 0.222 e.